The van der Waals surface area contributed by atoms with Gasteiger partial charge in [-0.2, -0.15) is 5.10 Å². The molecule has 1 saturated heterocycles. The number of ether oxygens (including phenoxy) is 2. The van der Waals surface area contributed by atoms with Gasteiger partial charge in [-0.15, -0.1) is 11.3 Å². The number of imidazole rings is 1. The van der Waals surface area contributed by atoms with Gasteiger partial charge in [-0.05, 0) is 62.2 Å². The van der Waals surface area contributed by atoms with E-state index in [4.69, 9.17) is 9.47 Å². The molecule has 5 heterocycles. The summed E-state index contributed by atoms with van der Waals surface area (Å²) in [6, 6.07) is 12.3. The maximum absolute atomic E-state index is 6.29. The minimum Gasteiger partial charge on any atom is -0.485 e. The van der Waals surface area contributed by atoms with Crippen LogP contribution in [0.15, 0.2) is 66.7 Å². The number of pyridine rings is 1. The Bertz CT molecular complexity index is 1480. The van der Waals surface area contributed by atoms with Crippen LogP contribution in [0.4, 0.5) is 0 Å². The zero-order chi connectivity index (χ0) is 24.5. The Labute approximate surface area is 213 Å². The highest BCUT2D eigenvalue weighted by atomic mass is 32.1. The van der Waals surface area contributed by atoms with E-state index < -0.39 is 0 Å². The van der Waals surface area contributed by atoms with E-state index in [1.54, 1.807) is 22.2 Å². The Hall–Kier alpha value is -3.69. The van der Waals surface area contributed by atoms with Crippen LogP contribution < -0.4 is 14.8 Å². The first-order valence-electron chi connectivity index (χ1n) is 12.2. The van der Waals surface area contributed by atoms with Crippen molar-refractivity contribution in [2.45, 2.75) is 32.0 Å². The molecule has 1 aliphatic rings. The van der Waals surface area contributed by atoms with Crippen LogP contribution in [0, 0.1) is 0 Å². The third kappa shape index (κ3) is 4.72. The lowest BCUT2D eigenvalue weighted by atomic mass is 10.1. The fourth-order valence-corrected chi connectivity index (χ4v) is 5.34. The summed E-state index contributed by atoms with van der Waals surface area (Å²) in [5, 5.41) is 10.7. The van der Waals surface area contributed by atoms with Gasteiger partial charge in [-0.1, -0.05) is 6.07 Å². The molecule has 1 aromatic carbocycles. The molecule has 8 nitrogen and oxygen atoms in total. The second-order valence-corrected chi connectivity index (χ2v) is 9.99. The molecule has 0 saturated carbocycles. The molecule has 1 unspecified atom stereocenters. The fourth-order valence-electron chi connectivity index (χ4n) is 4.53. The van der Waals surface area contributed by atoms with Crippen LogP contribution in [-0.4, -0.2) is 43.5 Å². The Morgan fingerprint density at radius 3 is 2.81 bits per heavy atom. The zero-order valence-corrected chi connectivity index (χ0v) is 21.1. The lowest BCUT2D eigenvalue weighted by Gasteiger charge is -2.23. The number of aromatic nitrogens is 5. The van der Waals surface area contributed by atoms with Crippen LogP contribution in [0.3, 0.4) is 0 Å². The van der Waals surface area contributed by atoms with E-state index in [1.165, 1.54) is 0 Å². The average molecular weight is 501 g/mol. The van der Waals surface area contributed by atoms with Crippen LogP contribution in [0.25, 0.3) is 27.2 Å². The lowest BCUT2D eigenvalue weighted by Crippen LogP contribution is -2.34. The van der Waals surface area contributed by atoms with Gasteiger partial charge in [0.15, 0.2) is 0 Å². The van der Waals surface area contributed by atoms with E-state index in [1.807, 2.05) is 50.2 Å². The van der Waals surface area contributed by atoms with Gasteiger partial charge in [0.1, 0.15) is 29.3 Å². The number of fused-ring (bicyclic) bond motifs is 1. The standard InChI is InChI=1S/C27H28N6O2S/c1-18(19-5-10-29-26(12-19)35-22-6-8-28-9-7-22)34-23-13-27(36-16-23)33-17-30-24-11-20(3-4-25(24)33)21-14-31-32(2)15-21/h3-5,10-18,22,28H,6-9H2,1-2H3. The third-order valence-electron chi connectivity index (χ3n) is 6.50. The molecule has 0 spiro atoms. The second kappa shape index (κ2) is 9.75. The lowest BCUT2D eigenvalue weighted by molar-refractivity contribution is 0.155. The molecule has 4 aromatic heterocycles. The first-order valence-corrected chi connectivity index (χ1v) is 13.1. The van der Waals surface area contributed by atoms with Crippen molar-refractivity contribution in [1.82, 2.24) is 29.6 Å². The second-order valence-electron chi connectivity index (χ2n) is 9.10. The summed E-state index contributed by atoms with van der Waals surface area (Å²) in [4.78, 5) is 9.05. The van der Waals surface area contributed by atoms with Crippen molar-refractivity contribution in [2.24, 2.45) is 7.05 Å². The predicted octanol–water partition coefficient (Wildman–Crippen LogP) is 5.15. The van der Waals surface area contributed by atoms with Gasteiger partial charge >= 0.3 is 0 Å². The van der Waals surface area contributed by atoms with Gasteiger partial charge in [-0.25, -0.2) is 9.97 Å². The number of benzene rings is 1. The minimum absolute atomic E-state index is 0.132. The van der Waals surface area contributed by atoms with Gasteiger partial charge in [0.05, 0.1) is 17.2 Å². The van der Waals surface area contributed by atoms with Gasteiger partial charge in [-0.3, -0.25) is 9.25 Å². The normalized spacial score (nSPS) is 15.3. The SMILES string of the molecule is CC(Oc1csc(-n2cnc3cc(-c4cnn(C)c4)ccc32)c1)c1ccnc(OC2CCNCC2)c1. The molecule has 1 fully saturated rings. The molecule has 184 valence electrons. The molecular formula is C27H28N6O2S. The molecule has 0 radical (unpaired) electrons. The monoisotopic (exact) mass is 500 g/mol. The third-order valence-corrected chi connectivity index (χ3v) is 7.41. The molecule has 0 aliphatic carbocycles. The molecule has 1 atom stereocenters. The highest BCUT2D eigenvalue weighted by Gasteiger charge is 2.17. The summed E-state index contributed by atoms with van der Waals surface area (Å²) in [6.07, 6.45) is 9.63. The smallest absolute Gasteiger partial charge is 0.213 e. The average Bonchev–Trinajstić information content (AvgIpc) is 3.64. The Balaban J connectivity index is 1.17. The Morgan fingerprint density at radius 2 is 1.97 bits per heavy atom. The number of hydrogen-bond donors (Lipinski definition) is 1. The molecule has 9 heteroatoms. The predicted molar refractivity (Wildman–Crippen MR) is 141 cm³/mol. The topological polar surface area (TPSA) is 79.0 Å². The van der Waals surface area contributed by atoms with E-state index in [2.05, 4.69) is 49.2 Å². The van der Waals surface area contributed by atoms with Crippen LogP contribution in [-0.2, 0) is 7.05 Å². The quantitative estimate of drug-likeness (QED) is 0.333. The van der Waals surface area contributed by atoms with Crippen molar-refractivity contribution < 1.29 is 9.47 Å². The van der Waals surface area contributed by atoms with Gasteiger partial charge in [0.2, 0.25) is 5.88 Å². The van der Waals surface area contributed by atoms with Crippen molar-refractivity contribution in [3.63, 3.8) is 0 Å². The van der Waals surface area contributed by atoms with Crippen LogP contribution >= 0.6 is 11.3 Å². The maximum atomic E-state index is 6.29. The first-order chi connectivity index (χ1) is 17.6. The van der Waals surface area contributed by atoms with Gasteiger partial charge < -0.3 is 14.8 Å². The number of thiophene rings is 1. The first kappa shape index (κ1) is 22.8. The molecule has 0 amide bonds. The Kier molecular flexibility index (Phi) is 6.16. The van der Waals surface area contributed by atoms with Gasteiger partial charge in [0.25, 0.3) is 0 Å². The Morgan fingerprint density at radius 1 is 1.08 bits per heavy atom. The van der Waals surface area contributed by atoms with Gasteiger partial charge in [0, 0.05) is 42.5 Å². The number of aryl methyl sites for hydroxylation is 1. The fraction of sp³-hybridized carbons (Fsp3) is 0.296. The highest BCUT2D eigenvalue weighted by Crippen LogP contribution is 2.32. The summed E-state index contributed by atoms with van der Waals surface area (Å²) < 4.78 is 16.3. The van der Waals surface area contributed by atoms with Crippen molar-refractivity contribution >= 4 is 22.4 Å². The molecule has 1 N–H and O–H groups in total. The zero-order valence-electron chi connectivity index (χ0n) is 20.3. The largest absolute Gasteiger partial charge is 0.485 e. The van der Waals surface area contributed by atoms with E-state index >= 15 is 0 Å². The van der Waals surface area contributed by atoms with E-state index in [0.29, 0.717) is 5.88 Å². The van der Waals surface area contributed by atoms with Crippen LogP contribution in [0.5, 0.6) is 11.6 Å². The molecule has 5 aromatic rings. The summed E-state index contributed by atoms with van der Waals surface area (Å²) in [5.41, 5.74) is 5.22. The number of hydrogen-bond acceptors (Lipinski definition) is 7. The molecule has 6 rings (SSSR count). The van der Waals surface area contributed by atoms with E-state index in [9.17, 15) is 0 Å². The number of nitrogens with one attached hydrogen (secondary N) is 1. The highest BCUT2D eigenvalue weighted by molar-refractivity contribution is 7.12. The number of piperidine rings is 1. The van der Waals surface area contributed by atoms with Crippen molar-refractivity contribution in [3.8, 4) is 27.8 Å². The molecular weight excluding hydrogens is 472 g/mol. The minimum atomic E-state index is -0.132. The molecule has 1 aliphatic heterocycles. The van der Waals surface area contributed by atoms with E-state index in [-0.39, 0.29) is 12.2 Å². The summed E-state index contributed by atoms with van der Waals surface area (Å²) in [7, 11) is 1.92. The summed E-state index contributed by atoms with van der Waals surface area (Å²) >= 11 is 1.63. The van der Waals surface area contributed by atoms with Crippen molar-refractivity contribution in [3.05, 3.63) is 72.3 Å². The van der Waals surface area contributed by atoms with Crippen molar-refractivity contribution in [2.75, 3.05) is 13.1 Å². The molecule has 36 heavy (non-hydrogen) atoms. The van der Waals surface area contributed by atoms with E-state index in [0.717, 1.165) is 64.4 Å². The van der Waals surface area contributed by atoms with Crippen molar-refractivity contribution in [1.29, 1.82) is 0 Å². The van der Waals surface area contributed by atoms with Crippen LogP contribution in [0.2, 0.25) is 0 Å². The summed E-state index contributed by atoms with van der Waals surface area (Å²) in [6.45, 7) is 4.03. The summed E-state index contributed by atoms with van der Waals surface area (Å²) in [5.74, 6) is 1.49. The number of rotatable bonds is 7. The maximum Gasteiger partial charge on any atom is 0.213 e. The molecule has 0 bridgehead atoms. The number of nitrogens with zero attached hydrogens (tertiary/aromatic N) is 5. The van der Waals surface area contributed by atoms with Crippen LogP contribution in [0.1, 0.15) is 31.4 Å².